The van der Waals surface area contributed by atoms with Gasteiger partial charge in [0.25, 0.3) is 5.91 Å². The van der Waals surface area contributed by atoms with Crippen LogP contribution in [0.3, 0.4) is 0 Å². The zero-order valence-electron chi connectivity index (χ0n) is 11.0. The molecule has 0 radical (unpaired) electrons. The highest BCUT2D eigenvalue weighted by Gasteiger charge is 2.17. The van der Waals surface area contributed by atoms with Gasteiger partial charge in [0.05, 0.1) is 23.1 Å². The van der Waals surface area contributed by atoms with Crippen molar-refractivity contribution in [1.82, 2.24) is 9.97 Å². The molecule has 1 N–H and O–H groups in total. The Morgan fingerprint density at radius 3 is 2.74 bits per heavy atom. The molecule has 0 unspecified atom stereocenters. The van der Waals surface area contributed by atoms with E-state index in [1.165, 1.54) is 0 Å². The summed E-state index contributed by atoms with van der Waals surface area (Å²) in [7, 11) is 1.72. The number of nitrogens with zero attached hydrogens (tertiary/aromatic N) is 3. The molecule has 0 saturated carbocycles. The minimum atomic E-state index is -0.114. The van der Waals surface area contributed by atoms with Gasteiger partial charge in [0.2, 0.25) is 0 Å². The molecule has 5 nitrogen and oxygen atoms in total. The number of anilines is 2. The van der Waals surface area contributed by atoms with Gasteiger partial charge >= 0.3 is 0 Å². The Balaban J connectivity index is 2.29. The first kappa shape index (κ1) is 13.0. The van der Waals surface area contributed by atoms with Crippen LogP contribution in [0.2, 0.25) is 0 Å². The summed E-state index contributed by atoms with van der Waals surface area (Å²) in [6.07, 6.45) is 6.57. The van der Waals surface area contributed by atoms with Crippen molar-refractivity contribution in [2.45, 2.75) is 6.92 Å². The Bertz CT molecular complexity index is 556. The number of amides is 1. The van der Waals surface area contributed by atoms with Crippen molar-refractivity contribution in [3.8, 4) is 0 Å². The summed E-state index contributed by atoms with van der Waals surface area (Å²) in [6, 6.07) is 5.44. The highest BCUT2D eigenvalue weighted by atomic mass is 16.2. The second-order valence-corrected chi connectivity index (χ2v) is 4.03. The Morgan fingerprint density at radius 1 is 1.26 bits per heavy atom. The minimum Gasteiger partial charge on any atom is -0.385 e. The van der Waals surface area contributed by atoms with Crippen molar-refractivity contribution >= 4 is 17.3 Å². The van der Waals surface area contributed by atoms with E-state index in [1.54, 1.807) is 48.9 Å². The van der Waals surface area contributed by atoms with E-state index in [-0.39, 0.29) is 5.91 Å². The smallest absolute Gasteiger partial charge is 0.261 e. The molecule has 0 aliphatic heterocycles. The lowest BCUT2D eigenvalue weighted by Gasteiger charge is -2.18. The first-order valence-corrected chi connectivity index (χ1v) is 6.10. The van der Waals surface area contributed by atoms with Crippen molar-refractivity contribution in [3.63, 3.8) is 0 Å². The molecule has 0 bridgehead atoms. The van der Waals surface area contributed by atoms with Crippen LogP contribution in [-0.4, -0.2) is 29.5 Å². The molecule has 2 heterocycles. The summed E-state index contributed by atoms with van der Waals surface area (Å²) in [5.41, 5.74) is 2.09. The van der Waals surface area contributed by atoms with Crippen LogP contribution in [0.25, 0.3) is 0 Å². The van der Waals surface area contributed by atoms with E-state index in [4.69, 9.17) is 0 Å². The molecule has 0 aromatic carbocycles. The molecule has 0 fully saturated rings. The average molecular weight is 256 g/mol. The van der Waals surface area contributed by atoms with Crippen LogP contribution in [0.1, 0.15) is 17.3 Å². The van der Waals surface area contributed by atoms with E-state index in [9.17, 15) is 4.79 Å². The van der Waals surface area contributed by atoms with Crippen molar-refractivity contribution in [2.75, 3.05) is 23.8 Å². The molecular formula is C14H16N4O. The molecule has 0 aliphatic carbocycles. The van der Waals surface area contributed by atoms with E-state index in [2.05, 4.69) is 15.3 Å². The summed E-state index contributed by atoms with van der Waals surface area (Å²) in [5.74, 6) is -0.114. The highest BCUT2D eigenvalue weighted by molar-refractivity contribution is 6.08. The van der Waals surface area contributed by atoms with Crippen molar-refractivity contribution < 1.29 is 4.79 Å². The topological polar surface area (TPSA) is 58.1 Å². The van der Waals surface area contributed by atoms with Gasteiger partial charge < -0.3 is 10.2 Å². The lowest BCUT2D eigenvalue weighted by Crippen LogP contribution is -2.27. The summed E-state index contributed by atoms with van der Waals surface area (Å²) >= 11 is 0. The molecule has 0 aliphatic rings. The lowest BCUT2D eigenvalue weighted by molar-refractivity contribution is 0.0993. The quantitative estimate of drug-likeness (QED) is 0.911. The van der Waals surface area contributed by atoms with Gasteiger partial charge in [-0.1, -0.05) is 0 Å². The SMILES string of the molecule is CCNc1ccncc1C(=O)N(C)c1cccnc1. The number of nitrogens with one attached hydrogen (secondary N) is 1. The normalized spacial score (nSPS) is 10.0. The Morgan fingerprint density at radius 2 is 2.05 bits per heavy atom. The van der Waals surface area contributed by atoms with Gasteiger partial charge in [-0.25, -0.2) is 0 Å². The molecule has 0 saturated heterocycles. The fourth-order valence-corrected chi connectivity index (χ4v) is 1.76. The van der Waals surface area contributed by atoms with E-state index < -0.39 is 0 Å². The molecule has 2 rings (SSSR count). The number of pyridine rings is 2. The first-order chi connectivity index (χ1) is 9.24. The van der Waals surface area contributed by atoms with Gasteiger partial charge in [-0.2, -0.15) is 0 Å². The molecule has 0 spiro atoms. The van der Waals surface area contributed by atoms with E-state index in [0.717, 1.165) is 17.9 Å². The fourth-order valence-electron chi connectivity index (χ4n) is 1.76. The van der Waals surface area contributed by atoms with Gasteiger partial charge in [-0.15, -0.1) is 0 Å². The maximum atomic E-state index is 12.5. The summed E-state index contributed by atoms with van der Waals surface area (Å²) in [6.45, 7) is 2.74. The Kier molecular flexibility index (Phi) is 4.07. The van der Waals surface area contributed by atoms with Gasteiger partial charge in [0.1, 0.15) is 0 Å². The molecule has 1 amide bonds. The molecule has 98 valence electrons. The third kappa shape index (κ3) is 2.88. The monoisotopic (exact) mass is 256 g/mol. The van der Waals surface area contributed by atoms with Gasteiger partial charge in [0, 0.05) is 32.2 Å². The van der Waals surface area contributed by atoms with Crippen LogP contribution in [0.15, 0.2) is 43.0 Å². The molecule has 5 heteroatoms. The second kappa shape index (κ2) is 5.95. The summed E-state index contributed by atoms with van der Waals surface area (Å²) in [5, 5.41) is 3.16. The van der Waals surface area contributed by atoms with E-state index in [0.29, 0.717) is 5.56 Å². The largest absolute Gasteiger partial charge is 0.385 e. The van der Waals surface area contributed by atoms with Crippen molar-refractivity contribution in [2.24, 2.45) is 0 Å². The van der Waals surface area contributed by atoms with E-state index in [1.807, 2.05) is 13.0 Å². The third-order valence-electron chi connectivity index (χ3n) is 2.76. The van der Waals surface area contributed by atoms with Crippen LogP contribution in [-0.2, 0) is 0 Å². The molecule has 2 aromatic rings. The molecule has 19 heavy (non-hydrogen) atoms. The standard InChI is InChI=1S/C14H16N4O/c1-3-17-13-6-8-16-10-12(13)14(19)18(2)11-5-4-7-15-9-11/h4-10H,3H2,1-2H3,(H,16,17). The first-order valence-electron chi connectivity index (χ1n) is 6.10. The van der Waals surface area contributed by atoms with Gasteiger partial charge in [-0.05, 0) is 25.1 Å². The number of carbonyl (C=O) groups is 1. The number of hydrogen-bond donors (Lipinski definition) is 1. The van der Waals surface area contributed by atoms with Crippen LogP contribution in [0.4, 0.5) is 11.4 Å². The summed E-state index contributed by atoms with van der Waals surface area (Å²) < 4.78 is 0. The fraction of sp³-hybridized carbons (Fsp3) is 0.214. The molecule has 2 aromatic heterocycles. The third-order valence-corrected chi connectivity index (χ3v) is 2.76. The number of rotatable bonds is 4. The second-order valence-electron chi connectivity index (χ2n) is 4.03. The molecule has 0 atom stereocenters. The number of carbonyl (C=O) groups excluding carboxylic acids is 1. The van der Waals surface area contributed by atoms with Crippen LogP contribution in [0.5, 0.6) is 0 Å². The highest BCUT2D eigenvalue weighted by Crippen LogP contribution is 2.19. The Labute approximate surface area is 112 Å². The number of hydrogen-bond acceptors (Lipinski definition) is 4. The van der Waals surface area contributed by atoms with Crippen molar-refractivity contribution in [1.29, 1.82) is 0 Å². The number of aromatic nitrogens is 2. The van der Waals surface area contributed by atoms with Gasteiger partial charge in [0.15, 0.2) is 0 Å². The predicted octanol–water partition coefficient (Wildman–Crippen LogP) is 2.18. The maximum absolute atomic E-state index is 12.5. The van der Waals surface area contributed by atoms with E-state index >= 15 is 0 Å². The van der Waals surface area contributed by atoms with Crippen LogP contribution < -0.4 is 10.2 Å². The molecular weight excluding hydrogens is 240 g/mol. The average Bonchev–Trinajstić information content (AvgIpc) is 2.47. The zero-order valence-corrected chi connectivity index (χ0v) is 11.0. The van der Waals surface area contributed by atoms with Crippen LogP contribution >= 0.6 is 0 Å². The summed E-state index contributed by atoms with van der Waals surface area (Å²) in [4.78, 5) is 22.1. The van der Waals surface area contributed by atoms with Gasteiger partial charge in [-0.3, -0.25) is 14.8 Å². The van der Waals surface area contributed by atoms with Crippen LogP contribution in [0, 0.1) is 0 Å². The lowest BCUT2D eigenvalue weighted by atomic mass is 10.2. The Hall–Kier alpha value is -2.43. The zero-order chi connectivity index (χ0) is 13.7. The minimum absolute atomic E-state index is 0.114. The van der Waals surface area contributed by atoms with Crippen molar-refractivity contribution in [3.05, 3.63) is 48.5 Å². The maximum Gasteiger partial charge on any atom is 0.261 e. The predicted molar refractivity (Wildman–Crippen MR) is 75.4 cm³/mol.